The number of nitrogens with one attached hydrogen (secondary N) is 1. The molecule has 196 valence electrons. The Balaban J connectivity index is 2.03. The van der Waals surface area contributed by atoms with Crippen LogP contribution in [-0.2, 0) is 26.2 Å². The summed E-state index contributed by atoms with van der Waals surface area (Å²) < 4.78 is 33.6. The SMILES string of the molecule is CC[C@H](C(=O)NC)N(Cc1ccc(OC)cc1)C(=O)CN(c1cccc(Cl)c1)S(=O)(=O)c1ccccc1. The summed E-state index contributed by atoms with van der Waals surface area (Å²) in [6, 6.07) is 20.5. The average Bonchev–Trinajstić information content (AvgIpc) is 2.92. The third-order valence-corrected chi connectivity index (χ3v) is 7.87. The Morgan fingerprint density at radius 2 is 1.68 bits per heavy atom. The van der Waals surface area contributed by atoms with Crippen LogP contribution in [0.25, 0.3) is 0 Å². The lowest BCUT2D eigenvalue weighted by Gasteiger charge is -2.33. The van der Waals surface area contributed by atoms with E-state index in [9.17, 15) is 18.0 Å². The quantitative estimate of drug-likeness (QED) is 0.393. The molecule has 2 amide bonds. The fraction of sp³-hybridized carbons (Fsp3) is 0.259. The Labute approximate surface area is 222 Å². The van der Waals surface area contributed by atoms with Crippen molar-refractivity contribution in [3.8, 4) is 5.75 Å². The Bertz CT molecular complexity index is 1320. The highest BCUT2D eigenvalue weighted by Crippen LogP contribution is 2.27. The zero-order chi connectivity index (χ0) is 27.0. The fourth-order valence-corrected chi connectivity index (χ4v) is 5.51. The summed E-state index contributed by atoms with van der Waals surface area (Å²) in [5.74, 6) is -0.226. The molecule has 0 aromatic heterocycles. The van der Waals surface area contributed by atoms with Crippen molar-refractivity contribution in [2.24, 2.45) is 0 Å². The smallest absolute Gasteiger partial charge is 0.264 e. The molecule has 0 aliphatic heterocycles. The largest absolute Gasteiger partial charge is 0.497 e. The molecule has 0 bridgehead atoms. The Kier molecular flexibility index (Phi) is 9.54. The number of carbonyl (C=O) groups is 2. The highest BCUT2D eigenvalue weighted by molar-refractivity contribution is 7.92. The number of ether oxygens (including phenoxy) is 1. The lowest BCUT2D eigenvalue weighted by atomic mass is 10.1. The highest BCUT2D eigenvalue weighted by atomic mass is 35.5. The van der Waals surface area contributed by atoms with Crippen LogP contribution in [-0.4, -0.2) is 51.9 Å². The van der Waals surface area contributed by atoms with Gasteiger partial charge in [0.15, 0.2) is 0 Å². The first-order valence-electron chi connectivity index (χ1n) is 11.7. The molecule has 0 saturated heterocycles. The zero-order valence-electron chi connectivity index (χ0n) is 20.9. The van der Waals surface area contributed by atoms with E-state index >= 15 is 0 Å². The number of nitrogens with zero attached hydrogens (tertiary/aromatic N) is 2. The number of hydrogen-bond acceptors (Lipinski definition) is 5. The molecule has 0 heterocycles. The number of carbonyl (C=O) groups excluding carboxylic acids is 2. The molecule has 0 radical (unpaired) electrons. The van der Waals surface area contributed by atoms with Crippen LogP contribution in [0.15, 0.2) is 83.8 Å². The summed E-state index contributed by atoms with van der Waals surface area (Å²) in [5, 5.41) is 2.93. The second kappa shape index (κ2) is 12.6. The summed E-state index contributed by atoms with van der Waals surface area (Å²) in [5.41, 5.74) is 0.999. The van der Waals surface area contributed by atoms with Crippen molar-refractivity contribution in [3.63, 3.8) is 0 Å². The lowest BCUT2D eigenvalue weighted by molar-refractivity contribution is -0.140. The van der Waals surface area contributed by atoms with E-state index in [1.807, 2.05) is 0 Å². The number of sulfonamides is 1. The summed E-state index contributed by atoms with van der Waals surface area (Å²) in [6.07, 6.45) is 0.337. The normalized spacial score (nSPS) is 11.9. The molecule has 3 aromatic rings. The number of rotatable bonds is 11. The maximum absolute atomic E-state index is 13.8. The fourth-order valence-electron chi connectivity index (χ4n) is 3.89. The standard InChI is InChI=1S/C27H30ClN3O5S/c1-4-25(27(33)29-2)30(18-20-13-15-23(36-3)16-14-20)26(32)19-31(22-10-8-9-21(28)17-22)37(34,35)24-11-6-5-7-12-24/h5-17,25H,4,18-19H2,1-3H3,(H,29,33)/t25-/m1/s1. The molecule has 0 fully saturated rings. The zero-order valence-corrected chi connectivity index (χ0v) is 22.5. The van der Waals surface area contributed by atoms with E-state index in [4.69, 9.17) is 16.3 Å². The number of methoxy groups -OCH3 is 1. The summed E-state index contributed by atoms with van der Waals surface area (Å²) in [6.45, 7) is 1.37. The Morgan fingerprint density at radius 3 is 2.24 bits per heavy atom. The van der Waals surface area contributed by atoms with Gasteiger partial charge in [-0.2, -0.15) is 0 Å². The first-order chi connectivity index (χ1) is 17.7. The minimum Gasteiger partial charge on any atom is -0.497 e. The average molecular weight is 544 g/mol. The summed E-state index contributed by atoms with van der Waals surface area (Å²) in [4.78, 5) is 28.0. The summed E-state index contributed by atoms with van der Waals surface area (Å²) >= 11 is 6.17. The van der Waals surface area contributed by atoms with E-state index in [1.54, 1.807) is 74.7 Å². The second-order valence-corrected chi connectivity index (χ2v) is 10.5. The topological polar surface area (TPSA) is 96.0 Å². The first kappa shape index (κ1) is 28.0. The van der Waals surface area contributed by atoms with E-state index in [0.717, 1.165) is 9.87 Å². The van der Waals surface area contributed by atoms with Crippen LogP contribution in [0.5, 0.6) is 5.75 Å². The van der Waals surface area contributed by atoms with Crippen LogP contribution in [0.1, 0.15) is 18.9 Å². The molecule has 8 nitrogen and oxygen atoms in total. The van der Waals surface area contributed by atoms with Gasteiger partial charge >= 0.3 is 0 Å². The highest BCUT2D eigenvalue weighted by Gasteiger charge is 2.33. The molecule has 0 unspecified atom stereocenters. The molecule has 1 atom stereocenters. The van der Waals surface area contributed by atoms with Crippen LogP contribution in [0.3, 0.4) is 0 Å². The molecule has 10 heteroatoms. The third-order valence-electron chi connectivity index (χ3n) is 5.85. The maximum Gasteiger partial charge on any atom is 0.264 e. The second-order valence-electron chi connectivity index (χ2n) is 8.21. The van der Waals surface area contributed by atoms with Gasteiger partial charge in [0, 0.05) is 18.6 Å². The van der Waals surface area contributed by atoms with Crippen LogP contribution in [0.2, 0.25) is 5.02 Å². The van der Waals surface area contributed by atoms with Crippen molar-refractivity contribution in [1.29, 1.82) is 0 Å². The molecular weight excluding hydrogens is 514 g/mol. The molecule has 37 heavy (non-hydrogen) atoms. The van der Waals surface area contributed by atoms with Gasteiger partial charge in [0.25, 0.3) is 10.0 Å². The van der Waals surface area contributed by atoms with Gasteiger partial charge in [-0.15, -0.1) is 0 Å². The predicted octanol–water partition coefficient (Wildman–Crippen LogP) is 4.10. The van der Waals surface area contributed by atoms with Crippen molar-refractivity contribution < 1.29 is 22.7 Å². The van der Waals surface area contributed by atoms with Gasteiger partial charge in [-0.25, -0.2) is 8.42 Å². The van der Waals surface area contributed by atoms with E-state index in [0.29, 0.717) is 17.2 Å². The Hall–Kier alpha value is -3.56. The molecule has 0 aliphatic carbocycles. The maximum atomic E-state index is 13.8. The van der Waals surface area contributed by atoms with Crippen molar-refractivity contribution >= 4 is 39.1 Å². The van der Waals surface area contributed by atoms with Crippen LogP contribution in [0.4, 0.5) is 5.69 Å². The number of halogens is 1. The van der Waals surface area contributed by atoms with E-state index in [-0.39, 0.29) is 23.0 Å². The number of benzene rings is 3. The van der Waals surface area contributed by atoms with Crippen LogP contribution in [0, 0.1) is 0 Å². The van der Waals surface area contributed by atoms with E-state index in [2.05, 4.69) is 5.32 Å². The summed E-state index contributed by atoms with van der Waals surface area (Å²) in [7, 11) is -1.07. The third kappa shape index (κ3) is 6.81. The minimum absolute atomic E-state index is 0.0304. The predicted molar refractivity (Wildman–Crippen MR) is 144 cm³/mol. The number of anilines is 1. The molecule has 0 saturated carbocycles. The number of amides is 2. The van der Waals surface area contributed by atoms with Gasteiger partial charge in [0.05, 0.1) is 17.7 Å². The number of likely N-dealkylation sites (N-methyl/N-ethyl adjacent to an activating group) is 1. The van der Waals surface area contributed by atoms with Gasteiger partial charge in [-0.1, -0.05) is 54.9 Å². The van der Waals surface area contributed by atoms with Crippen LogP contribution >= 0.6 is 11.6 Å². The van der Waals surface area contributed by atoms with Gasteiger partial charge in [-0.05, 0) is 54.4 Å². The van der Waals surface area contributed by atoms with Crippen molar-refractivity contribution in [2.45, 2.75) is 30.8 Å². The van der Waals surface area contributed by atoms with Crippen LogP contribution < -0.4 is 14.4 Å². The molecular formula is C27H30ClN3O5S. The monoisotopic (exact) mass is 543 g/mol. The van der Waals surface area contributed by atoms with E-state index in [1.165, 1.54) is 30.1 Å². The van der Waals surface area contributed by atoms with Crippen molar-refractivity contribution in [3.05, 3.63) is 89.4 Å². The molecule has 1 N–H and O–H groups in total. The first-order valence-corrected chi connectivity index (χ1v) is 13.5. The van der Waals surface area contributed by atoms with E-state index < -0.39 is 28.5 Å². The van der Waals surface area contributed by atoms with Crippen molar-refractivity contribution in [2.75, 3.05) is 25.0 Å². The Morgan fingerprint density at radius 1 is 1.00 bits per heavy atom. The lowest BCUT2D eigenvalue weighted by Crippen LogP contribution is -2.51. The minimum atomic E-state index is -4.13. The molecule has 0 spiro atoms. The van der Waals surface area contributed by atoms with Gasteiger partial charge in [0.1, 0.15) is 18.3 Å². The number of hydrogen-bond donors (Lipinski definition) is 1. The van der Waals surface area contributed by atoms with Gasteiger partial charge in [-0.3, -0.25) is 13.9 Å². The molecule has 0 aliphatic rings. The van der Waals surface area contributed by atoms with Crippen molar-refractivity contribution in [1.82, 2.24) is 10.2 Å². The van der Waals surface area contributed by atoms with Gasteiger partial charge in [0.2, 0.25) is 11.8 Å². The molecule has 3 rings (SSSR count). The van der Waals surface area contributed by atoms with Gasteiger partial charge < -0.3 is 15.0 Å². The molecule has 3 aromatic carbocycles.